The van der Waals surface area contributed by atoms with Crippen molar-refractivity contribution in [2.24, 2.45) is 0 Å². The van der Waals surface area contributed by atoms with Gasteiger partial charge in [0.1, 0.15) is 6.10 Å². The fraction of sp³-hybridized carbons (Fsp3) is 0.333. The number of ether oxygens (including phenoxy) is 1. The summed E-state index contributed by atoms with van der Waals surface area (Å²) in [6, 6.07) is 3.15. The molecule has 0 aromatic heterocycles. The van der Waals surface area contributed by atoms with E-state index in [9.17, 15) is 9.59 Å². The van der Waals surface area contributed by atoms with Crippen LogP contribution in [0.5, 0.6) is 5.75 Å². The molecule has 0 bridgehead atoms. The fourth-order valence-corrected chi connectivity index (χ4v) is 1.78. The van der Waals surface area contributed by atoms with Crippen molar-refractivity contribution >= 4 is 23.1 Å². The van der Waals surface area contributed by atoms with E-state index in [2.05, 4.69) is 5.32 Å². The first-order valence-electron chi connectivity index (χ1n) is 5.38. The number of ketones is 1. The van der Waals surface area contributed by atoms with Gasteiger partial charge in [0.15, 0.2) is 11.5 Å². The number of Topliss-reactive ketones (excluding diaryl/α,β-unsaturated/α-hetero) is 1. The second kappa shape index (κ2) is 4.08. The molecule has 1 aromatic carbocycles. The number of nitrogen functional groups attached to an aromatic ring is 1. The van der Waals surface area contributed by atoms with E-state index in [4.69, 9.17) is 10.5 Å². The Morgan fingerprint density at radius 2 is 2.24 bits per heavy atom. The van der Waals surface area contributed by atoms with Gasteiger partial charge in [0.2, 0.25) is 5.91 Å². The molecule has 0 aliphatic carbocycles. The summed E-state index contributed by atoms with van der Waals surface area (Å²) in [6.07, 6.45) is 0.0329. The predicted octanol–water partition coefficient (Wildman–Crippen LogP) is 1.58. The smallest absolute Gasteiger partial charge is 0.228 e. The molecule has 0 saturated carbocycles. The Morgan fingerprint density at radius 3 is 2.88 bits per heavy atom. The van der Waals surface area contributed by atoms with Crippen molar-refractivity contribution in [2.75, 3.05) is 11.1 Å². The van der Waals surface area contributed by atoms with Gasteiger partial charge in [0.05, 0.1) is 17.8 Å². The minimum atomic E-state index is -0.235. The maximum absolute atomic E-state index is 11.5. The second-order valence-corrected chi connectivity index (χ2v) is 4.18. The number of carbonyl (C=O) groups is 2. The second-order valence-electron chi connectivity index (χ2n) is 4.18. The largest absolute Gasteiger partial charge is 0.486 e. The summed E-state index contributed by atoms with van der Waals surface area (Å²) in [5.41, 5.74) is 7.11. The van der Waals surface area contributed by atoms with Gasteiger partial charge in [-0.25, -0.2) is 0 Å². The lowest BCUT2D eigenvalue weighted by Gasteiger charge is -2.14. The van der Waals surface area contributed by atoms with E-state index in [0.717, 1.165) is 0 Å². The summed E-state index contributed by atoms with van der Waals surface area (Å²) in [7, 11) is 0. The molecule has 0 radical (unpaired) electrons. The first-order chi connectivity index (χ1) is 7.97. The Morgan fingerprint density at radius 1 is 1.53 bits per heavy atom. The van der Waals surface area contributed by atoms with Crippen molar-refractivity contribution in [3.63, 3.8) is 0 Å². The number of rotatable bonds is 1. The molecule has 0 fully saturated rings. The number of nitrogens with one attached hydrogen (secondary N) is 1. The first-order valence-corrected chi connectivity index (χ1v) is 5.38. The van der Waals surface area contributed by atoms with Crippen LogP contribution in [0.15, 0.2) is 12.1 Å². The Balaban J connectivity index is 2.53. The quantitative estimate of drug-likeness (QED) is 0.571. The van der Waals surface area contributed by atoms with E-state index in [1.807, 2.05) is 0 Å². The number of hydrogen-bond donors (Lipinski definition) is 2. The monoisotopic (exact) mass is 234 g/mol. The van der Waals surface area contributed by atoms with Gasteiger partial charge in [-0.3, -0.25) is 9.59 Å². The number of benzene rings is 1. The van der Waals surface area contributed by atoms with Gasteiger partial charge in [-0.05, 0) is 26.0 Å². The zero-order valence-corrected chi connectivity index (χ0v) is 9.74. The summed E-state index contributed by atoms with van der Waals surface area (Å²) in [5.74, 6) is 0.191. The molecule has 5 nitrogen and oxygen atoms in total. The Bertz CT molecular complexity index is 497. The van der Waals surface area contributed by atoms with Gasteiger partial charge in [0.25, 0.3) is 0 Å². The van der Waals surface area contributed by atoms with Crippen LogP contribution in [0.3, 0.4) is 0 Å². The number of carbonyl (C=O) groups excluding carboxylic acids is 2. The minimum Gasteiger partial charge on any atom is -0.486 e. The van der Waals surface area contributed by atoms with Crippen molar-refractivity contribution in [2.45, 2.75) is 26.4 Å². The maximum atomic E-state index is 11.5. The number of amides is 1. The molecular formula is C12H14N2O3. The van der Waals surface area contributed by atoms with Gasteiger partial charge >= 0.3 is 0 Å². The van der Waals surface area contributed by atoms with Gasteiger partial charge in [0, 0.05) is 5.56 Å². The van der Waals surface area contributed by atoms with Crippen LogP contribution in [-0.4, -0.2) is 17.8 Å². The van der Waals surface area contributed by atoms with E-state index >= 15 is 0 Å². The highest BCUT2D eigenvalue weighted by molar-refractivity contribution is 6.00. The Labute approximate surface area is 98.9 Å². The average Bonchev–Trinajstić information content (AvgIpc) is 2.35. The lowest BCUT2D eigenvalue weighted by atomic mass is 10.1. The molecule has 0 saturated heterocycles. The molecule has 1 aliphatic rings. The molecular weight excluding hydrogens is 220 g/mol. The average molecular weight is 234 g/mol. The third-order valence-electron chi connectivity index (χ3n) is 2.59. The highest BCUT2D eigenvalue weighted by Crippen LogP contribution is 2.36. The summed E-state index contributed by atoms with van der Waals surface area (Å²) >= 11 is 0. The van der Waals surface area contributed by atoms with Crippen LogP contribution < -0.4 is 15.8 Å². The van der Waals surface area contributed by atoms with Gasteiger partial charge in [-0.2, -0.15) is 0 Å². The molecule has 1 heterocycles. The molecule has 1 atom stereocenters. The lowest BCUT2D eigenvalue weighted by molar-refractivity contribution is -0.117. The van der Waals surface area contributed by atoms with Gasteiger partial charge < -0.3 is 15.8 Å². The summed E-state index contributed by atoms with van der Waals surface area (Å²) in [6.45, 7) is 3.25. The van der Waals surface area contributed by atoms with Crippen molar-refractivity contribution in [1.29, 1.82) is 0 Å². The topological polar surface area (TPSA) is 81.4 Å². The predicted molar refractivity (Wildman–Crippen MR) is 64.2 cm³/mol. The van der Waals surface area contributed by atoms with Crippen LogP contribution in [0.25, 0.3) is 0 Å². The summed E-state index contributed by atoms with van der Waals surface area (Å²) in [5, 5.41) is 2.69. The summed E-state index contributed by atoms with van der Waals surface area (Å²) in [4.78, 5) is 22.8. The van der Waals surface area contributed by atoms with E-state index < -0.39 is 0 Å². The van der Waals surface area contributed by atoms with Crippen LogP contribution in [0, 0.1) is 0 Å². The maximum Gasteiger partial charge on any atom is 0.228 e. The van der Waals surface area contributed by atoms with Crippen LogP contribution in [-0.2, 0) is 4.79 Å². The molecule has 1 aromatic rings. The zero-order valence-electron chi connectivity index (χ0n) is 9.74. The first kappa shape index (κ1) is 11.4. The van der Waals surface area contributed by atoms with Crippen molar-refractivity contribution in [3.05, 3.63) is 17.7 Å². The molecule has 3 N–H and O–H groups in total. The third kappa shape index (κ3) is 2.22. The fourth-order valence-electron chi connectivity index (χ4n) is 1.78. The SMILES string of the molecule is CC(=O)c1cc(N)c2c(c1)NC(=O)CC(C)O2. The standard InChI is InChI=1S/C12H14N2O3/c1-6-3-11(16)14-10-5-8(7(2)15)4-9(13)12(10)17-6/h4-6H,3,13H2,1-2H3,(H,14,16). The van der Waals surface area contributed by atoms with Crippen LogP contribution in [0.1, 0.15) is 30.6 Å². The number of anilines is 2. The normalized spacial score (nSPS) is 18.7. The number of hydrogen-bond acceptors (Lipinski definition) is 4. The van der Waals surface area contributed by atoms with E-state index in [0.29, 0.717) is 22.7 Å². The molecule has 2 rings (SSSR count). The third-order valence-corrected chi connectivity index (χ3v) is 2.59. The molecule has 1 unspecified atom stereocenters. The van der Waals surface area contributed by atoms with Crippen LogP contribution >= 0.6 is 0 Å². The summed E-state index contributed by atoms with van der Waals surface area (Å²) < 4.78 is 5.57. The molecule has 1 amide bonds. The lowest BCUT2D eigenvalue weighted by Crippen LogP contribution is -2.17. The van der Waals surface area contributed by atoms with Crippen molar-refractivity contribution < 1.29 is 14.3 Å². The van der Waals surface area contributed by atoms with E-state index in [-0.39, 0.29) is 24.2 Å². The minimum absolute atomic E-state index is 0.106. The van der Waals surface area contributed by atoms with Gasteiger partial charge in [-0.1, -0.05) is 0 Å². The highest BCUT2D eigenvalue weighted by atomic mass is 16.5. The number of fused-ring (bicyclic) bond motifs is 1. The van der Waals surface area contributed by atoms with Crippen LogP contribution in [0.2, 0.25) is 0 Å². The number of nitrogens with two attached hydrogens (primary N) is 1. The zero-order chi connectivity index (χ0) is 12.6. The van der Waals surface area contributed by atoms with E-state index in [1.165, 1.54) is 6.92 Å². The molecule has 17 heavy (non-hydrogen) atoms. The van der Waals surface area contributed by atoms with Crippen LogP contribution in [0.4, 0.5) is 11.4 Å². The van der Waals surface area contributed by atoms with Crippen molar-refractivity contribution in [3.8, 4) is 5.75 Å². The molecule has 90 valence electrons. The molecule has 0 spiro atoms. The molecule has 5 heteroatoms. The Hall–Kier alpha value is -2.04. The Kier molecular flexibility index (Phi) is 2.75. The highest BCUT2D eigenvalue weighted by Gasteiger charge is 2.22. The van der Waals surface area contributed by atoms with E-state index in [1.54, 1.807) is 19.1 Å². The van der Waals surface area contributed by atoms with Gasteiger partial charge in [-0.15, -0.1) is 0 Å². The van der Waals surface area contributed by atoms with Crippen molar-refractivity contribution in [1.82, 2.24) is 0 Å². The molecule has 1 aliphatic heterocycles.